The summed E-state index contributed by atoms with van der Waals surface area (Å²) in [6.07, 6.45) is 0. The summed E-state index contributed by atoms with van der Waals surface area (Å²) in [7, 11) is 0. The summed E-state index contributed by atoms with van der Waals surface area (Å²) < 4.78 is 0. The molecular weight excluding hydrogens is 255 g/mol. The Bertz CT molecular complexity index is 21.6. The summed E-state index contributed by atoms with van der Waals surface area (Å²) >= 11 is 0. The maximum atomic E-state index is 8.58. The van der Waals surface area contributed by atoms with E-state index < -0.39 is 0 Å². The zero-order valence-electron chi connectivity index (χ0n) is 2.16. The minimum absolute atomic E-state index is 0. The van der Waals surface area contributed by atoms with Crippen molar-refractivity contribution in [3.05, 3.63) is 4.91 Å². The van der Waals surface area contributed by atoms with E-state index in [1.165, 1.54) is 0 Å². The molecule has 0 amide bonds. The first-order valence-electron chi connectivity index (χ1n) is 0.601. The minimum Gasteiger partial charge on any atom is -0.266 e. The molecule has 0 aromatic carbocycles. The Balaban J connectivity index is 0. The van der Waals surface area contributed by atoms with Gasteiger partial charge < -0.3 is 0 Å². The molecule has 2 N–H and O–H groups in total. The van der Waals surface area contributed by atoms with E-state index in [0.717, 1.165) is 0 Å². The van der Waals surface area contributed by atoms with E-state index in [9.17, 15) is 0 Å². The van der Waals surface area contributed by atoms with Crippen LogP contribution in [0.15, 0.2) is 5.34 Å². The van der Waals surface area contributed by atoms with Gasteiger partial charge in [-0.25, -0.2) is 0 Å². The Labute approximate surface area is 42.8 Å². The zero-order chi connectivity index (χ0) is 3.41. The van der Waals surface area contributed by atoms with Crippen molar-refractivity contribution in [2.24, 2.45) is 11.2 Å². The molecule has 0 aromatic heterocycles. The molecule has 0 bridgehead atoms. The van der Waals surface area contributed by atoms with Crippen molar-refractivity contribution in [3.8, 4) is 0 Å². The van der Waals surface area contributed by atoms with Gasteiger partial charge in [0, 0.05) is 21.1 Å². The number of hydrogen-bond acceptors (Lipinski definition) is 4. The van der Waals surface area contributed by atoms with Crippen molar-refractivity contribution in [3.63, 3.8) is 0 Å². The van der Waals surface area contributed by atoms with Crippen molar-refractivity contribution in [1.29, 1.82) is 0 Å². The average molecular weight is 257 g/mol. The Kier molecular flexibility index (Phi) is 16.0. The third kappa shape index (κ3) is 15.5. The van der Waals surface area contributed by atoms with E-state index in [0.29, 0.717) is 0 Å². The fourth-order valence-corrected chi connectivity index (χ4v) is 0. The van der Waals surface area contributed by atoms with Gasteiger partial charge in [0.25, 0.3) is 0 Å². The molecule has 4 nitrogen and oxygen atoms in total. The molecule has 0 rings (SSSR count). The first-order valence-corrected chi connectivity index (χ1v) is 0.601. The molecule has 0 aliphatic rings. The van der Waals surface area contributed by atoms with Crippen LogP contribution < -0.4 is 5.90 Å². The molecular formula is H2N2O2Pt. The SMILES string of the molecule is NON=O.[Pt]. The van der Waals surface area contributed by atoms with E-state index in [-0.39, 0.29) is 21.1 Å². The number of rotatable bonds is 1. The van der Waals surface area contributed by atoms with Crippen LogP contribution in [0.1, 0.15) is 0 Å². The van der Waals surface area contributed by atoms with E-state index in [2.05, 4.69) is 10.8 Å². The molecule has 0 saturated heterocycles. The molecule has 5 heteroatoms. The normalized spacial score (nSPS) is 4.20. The van der Waals surface area contributed by atoms with Crippen molar-refractivity contribution in [1.82, 2.24) is 0 Å². The maximum absolute atomic E-state index is 8.58. The summed E-state index contributed by atoms with van der Waals surface area (Å²) in [6.45, 7) is 0. The van der Waals surface area contributed by atoms with E-state index in [1.54, 1.807) is 5.34 Å². The largest absolute Gasteiger partial charge is 0.266 e. The zero-order valence-corrected chi connectivity index (χ0v) is 4.43. The van der Waals surface area contributed by atoms with Gasteiger partial charge in [0.15, 0.2) is 5.34 Å². The Morgan fingerprint density at radius 3 is 2.00 bits per heavy atom. The third-order valence-corrected chi connectivity index (χ3v) is 0.0430. The quantitative estimate of drug-likeness (QED) is 0.511. The molecule has 0 aromatic rings. The second kappa shape index (κ2) is 8.97. The molecule has 0 aliphatic heterocycles. The van der Waals surface area contributed by atoms with Crippen LogP contribution in [-0.4, -0.2) is 0 Å². The molecule has 34 valence electrons. The second-order valence-electron chi connectivity index (χ2n) is 0.180. The Morgan fingerprint density at radius 2 is 2.00 bits per heavy atom. The van der Waals surface area contributed by atoms with Gasteiger partial charge in [0.1, 0.15) is 0 Å². The van der Waals surface area contributed by atoms with Crippen LogP contribution in [0.5, 0.6) is 0 Å². The van der Waals surface area contributed by atoms with Crippen molar-refractivity contribution in [2.75, 3.05) is 0 Å². The first-order chi connectivity index (χ1) is 1.91. The fourth-order valence-electron chi connectivity index (χ4n) is 0. The van der Waals surface area contributed by atoms with Gasteiger partial charge in [-0.3, -0.25) is 4.94 Å². The van der Waals surface area contributed by atoms with Crippen molar-refractivity contribution < 1.29 is 26.0 Å². The van der Waals surface area contributed by atoms with Gasteiger partial charge in [0.2, 0.25) is 0 Å². The van der Waals surface area contributed by atoms with Crippen LogP contribution in [0.2, 0.25) is 0 Å². The van der Waals surface area contributed by atoms with Crippen LogP contribution in [-0.2, 0) is 26.0 Å². The van der Waals surface area contributed by atoms with Crippen molar-refractivity contribution in [2.45, 2.75) is 0 Å². The van der Waals surface area contributed by atoms with Gasteiger partial charge in [-0.2, -0.15) is 0 Å². The Morgan fingerprint density at radius 1 is 1.80 bits per heavy atom. The van der Waals surface area contributed by atoms with Gasteiger partial charge in [-0.1, -0.05) is 0 Å². The van der Waals surface area contributed by atoms with Gasteiger partial charge in [-0.05, 0) is 0 Å². The predicted octanol–water partition coefficient (Wildman–Crippen LogP) is -0.444. The third-order valence-electron chi connectivity index (χ3n) is 0.0430. The molecule has 0 aliphatic carbocycles. The molecule has 0 saturated carbocycles. The summed E-state index contributed by atoms with van der Waals surface area (Å²) in [6, 6.07) is 0. The van der Waals surface area contributed by atoms with Crippen LogP contribution in [0.25, 0.3) is 0 Å². The minimum atomic E-state index is 0. The molecule has 0 spiro atoms. The van der Waals surface area contributed by atoms with Gasteiger partial charge in [-0.15, -0.1) is 10.8 Å². The molecule has 0 fully saturated rings. The standard InChI is InChI=1S/H2N2O2.Pt/c1-4-2-3;/h1H2;. The van der Waals surface area contributed by atoms with E-state index >= 15 is 0 Å². The summed E-state index contributed by atoms with van der Waals surface area (Å²) in [5.74, 6) is 4.05. The van der Waals surface area contributed by atoms with Crippen LogP contribution in [0, 0.1) is 4.91 Å². The first kappa shape index (κ1) is 8.90. The summed E-state index contributed by atoms with van der Waals surface area (Å²) in [4.78, 5) is 11.7. The van der Waals surface area contributed by atoms with Crippen molar-refractivity contribution >= 4 is 0 Å². The molecule has 0 atom stereocenters. The molecule has 0 unspecified atom stereocenters. The maximum Gasteiger partial charge on any atom is 0.176 e. The average Bonchev–Trinajstić information content (AvgIpc) is 1.37. The number of nitrogens with two attached hydrogens (primary N) is 1. The van der Waals surface area contributed by atoms with Gasteiger partial charge in [0.05, 0.1) is 0 Å². The van der Waals surface area contributed by atoms with Crippen LogP contribution in [0.4, 0.5) is 0 Å². The summed E-state index contributed by atoms with van der Waals surface area (Å²) in [5.41, 5.74) is 0. The second-order valence-corrected chi connectivity index (χ2v) is 0.180. The van der Waals surface area contributed by atoms with Crippen LogP contribution >= 0.6 is 0 Å². The Hall–Kier alpha value is 0.0483. The monoisotopic (exact) mass is 257 g/mol. The fraction of sp³-hybridized carbons (Fsp3) is 0. The molecule has 0 radical (unpaired) electrons. The summed E-state index contributed by atoms with van der Waals surface area (Å²) in [5, 5.41) is 1.76. The van der Waals surface area contributed by atoms with Gasteiger partial charge >= 0.3 is 0 Å². The molecule has 5 heavy (non-hydrogen) atoms. The molecule has 0 heterocycles. The smallest absolute Gasteiger partial charge is 0.176 e. The topological polar surface area (TPSA) is 64.7 Å². The van der Waals surface area contributed by atoms with Crippen LogP contribution in [0.3, 0.4) is 0 Å². The van der Waals surface area contributed by atoms with E-state index in [1.807, 2.05) is 0 Å². The van der Waals surface area contributed by atoms with E-state index in [4.69, 9.17) is 4.91 Å². The number of nitrogens with zero attached hydrogens (tertiary/aromatic N) is 1. The number of hydrogen-bond donors (Lipinski definition) is 1. The predicted molar refractivity (Wildman–Crippen MR) is 11.1 cm³/mol.